The molecule has 1 saturated heterocycles. The Morgan fingerprint density at radius 2 is 1.85 bits per heavy atom. The van der Waals surface area contributed by atoms with E-state index in [0.717, 1.165) is 26.2 Å². The third-order valence-corrected chi connectivity index (χ3v) is 4.31. The van der Waals surface area contributed by atoms with E-state index >= 15 is 0 Å². The number of likely N-dealkylation sites (tertiary alicyclic amines) is 1. The van der Waals surface area contributed by atoms with Gasteiger partial charge in [-0.15, -0.1) is 0 Å². The van der Waals surface area contributed by atoms with Gasteiger partial charge in [0.2, 0.25) is 0 Å². The van der Waals surface area contributed by atoms with Gasteiger partial charge in [-0.25, -0.2) is 0 Å². The third-order valence-electron chi connectivity index (χ3n) is 4.31. The van der Waals surface area contributed by atoms with E-state index in [1.165, 1.54) is 18.4 Å². The molecule has 0 bridgehead atoms. The van der Waals surface area contributed by atoms with Gasteiger partial charge in [-0.05, 0) is 45.3 Å². The number of hydrogen-bond acceptors (Lipinski definition) is 3. The molecule has 0 aliphatic carbocycles. The number of rotatable bonds is 6. The van der Waals surface area contributed by atoms with Crippen LogP contribution < -0.4 is 0 Å². The lowest BCUT2D eigenvalue weighted by Crippen LogP contribution is -2.47. The number of piperidine rings is 1. The Labute approximate surface area is 123 Å². The fraction of sp³-hybridized carbons (Fsp3) is 0.647. The molecule has 0 aromatic heterocycles. The fourth-order valence-corrected chi connectivity index (χ4v) is 3.14. The van der Waals surface area contributed by atoms with Gasteiger partial charge in [-0.2, -0.15) is 0 Å². The van der Waals surface area contributed by atoms with Gasteiger partial charge in [0.15, 0.2) is 0 Å². The molecular weight excluding hydrogens is 248 g/mol. The van der Waals surface area contributed by atoms with E-state index in [4.69, 9.17) is 5.11 Å². The van der Waals surface area contributed by atoms with E-state index in [-0.39, 0.29) is 6.61 Å². The smallest absolute Gasteiger partial charge is 0.0558 e. The van der Waals surface area contributed by atoms with Crippen LogP contribution in [0.5, 0.6) is 0 Å². The second-order valence-corrected chi connectivity index (χ2v) is 6.05. The fourth-order valence-electron chi connectivity index (χ4n) is 3.14. The number of β-amino-alcohol motifs (C(OH)–C–C–N with tert-alkyl or cyclic N) is 1. The molecule has 1 fully saturated rings. The molecule has 1 aliphatic rings. The minimum absolute atomic E-state index is 0.280. The van der Waals surface area contributed by atoms with Crippen LogP contribution in [0.15, 0.2) is 30.3 Å². The molecule has 2 rings (SSSR count). The molecule has 1 heterocycles. The highest BCUT2D eigenvalue weighted by Gasteiger charge is 2.25. The molecule has 0 atom stereocenters. The topological polar surface area (TPSA) is 26.7 Å². The summed E-state index contributed by atoms with van der Waals surface area (Å²) in [5.41, 5.74) is 1.40. The monoisotopic (exact) mass is 276 g/mol. The van der Waals surface area contributed by atoms with Crippen molar-refractivity contribution in [3.05, 3.63) is 35.9 Å². The van der Waals surface area contributed by atoms with Crippen molar-refractivity contribution in [2.45, 2.75) is 45.3 Å². The van der Waals surface area contributed by atoms with E-state index in [9.17, 15) is 0 Å². The van der Waals surface area contributed by atoms with Crippen molar-refractivity contribution in [2.24, 2.45) is 0 Å². The van der Waals surface area contributed by atoms with Crippen molar-refractivity contribution < 1.29 is 5.11 Å². The second-order valence-electron chi connectivity index (χ2n) is 6.05. The summed E-state index contributed by atoms with van der Waals surface area (Å²) in [7, 11) is 0. The van der Waals surface area contributed by atoms with Crippen molar-refractivity contribution in [3.8, 4) is 0 Å². The lowest BCUT2D eigenvalue weighted by atomic mass is 10.0. The molecule has 1 N–H and O–H groups in total. The van der Waals surface area contributed by atoms with Gasteiger partial charge in [-0.3, -0.25) is 4.90 Å². The highest BCUT2D eigenvalue weighted by atomic mass is 16.3. The highest BCUT2D eigenvalue weighted by Crippen LogP contribution is 2.21. The minimum Gasteiger partial charge on any atom is -0.395 e. The second kappa shape index (κ2) is 7.77. The van der Waals surface area contributed by atoms with Crippen LogP contribution in [0.4, 0.5) is 0 Å². The van der Waals surface area contributed by atoms with Gasteiger partial charge in [0.25, 0.3) is 0 Å². The number of hydrogen-bond donors (Lipinski definition) is 1. The summed E-state index contributed by atoms with van der Waals surface area (Å²) in [4.78, 5) is 5.00. The predicted molar refractivity (Wildman–Crippen MR) is 83.7 cm³/mol. The van der Waals surface area contributed by atoms with Crippen molar-refractivity contribution >= 4 is 0 Å². The Morgan fingerprint density at radius 3 is 2.40 bits per heavy atom. The van der Waals surface area contributed by atoms with Crippen LogP contribution in [0.1, 0.15) is 32.3 Å². The van der Waals surface area contributed by atoms with E-state index in [1.54, 1.807) is 0 Å². The highest BCUT2D eigenvalue weighted by molar-refractivity contribution is 5.14. The summed E-state index contributed by atoms with van der Waals surface area (Å²) >= 11 is 0. The Kier molecular flexibility index (Phi) is 6.02. The first-order valence-corrected chi connectivity index (χ1v) is 7.83. The summed E-state index contributed by atoms with van der Waals surface area (Å²) in [5, 5.41) is 9.02. The summed E-state index contributed by atoms with van der Waals surface area (Å²) in [5.74, 6) is 0. The zero-order chi connectivity index (χ0) is 14.4. The molecule has 3 nitrogen and oxygen atoms in total. The number of nitrogens with zero attached hydrogens (tertiary/aromatic N) is 2. The third kappa shape index (κ3) is 4.30. The number of aliphatic hydroxyl groups is 1. The molecule has 1 aliphatic heterocycles. The van der Waals surface area contributed by atoms with Crippen molar-refractivity contribution in [1.82, 2.24) is 9.80 Å². The van der Waals surface area contributed by atoms with Gasteiger partial charge in [0.1, 0.15) is 0 Å². The molecule has 0 radical (unpaired) electrons. The van der Waals surface area contributed by atoms with E-state index in [0.29, 0.717) is 12.1 Å². The summed E-state index contributed by atoms with van der Waals surface area (Å²) in [6, 6.07) is 12.0. The Morgan fingerprint density at radius 1 is 1.20 bits per heavy atom. The normalized spacial score (nSPS) is 18.1. The Bertz CT molecular complexity index is 372. The average Bonchev–Trinajstić information content (AvgIpc) is 2.47. The lowest BCUT2D eigenvalue weighted by Gasteiger charge is -2.40. The maximum atomic E-state index is 9.02. The van der Waals surface area contributed by atoms with E-state index in [2.05, 4.69) is 54.0 Å². The number of benzene rings is 1. The maximum absolute atomic E-state index is 9.02. The Hall–Kier alpha value is -0.900. The van der Waals surface area contributed by atoms with E-state index in [1.807, 2.05) is 0 Å². The van der Waals surface area contributed by atoms with Crippen LogP contribution in [0.3, 0.4) is 0 Å². The maximum Gasteiger partial charge on any atom is 0.0558 e. The van der Waals surface area contributed by atoms with Gasteiger partial charge >= 0.3 is 0 Å². The molecule has 1 aromatic rings. The van der Waals surface area contributed by atoms with E-state index < -0.39 is 0 Å². The average molecular weight is 276 g/mol. The quantitative estimate of drug-likeness (QED) is 0.864. The SMILES string of the molecule is CC(C)N(Cc1ccccc1)C1CCN(CCO)CC1. The molecule has 3 heteroatoms. The summed E-state index contributed by atoms with van der Waals surface area (Å²) in [6.07, 6.45) is 2.43. The van der Waals surface area contributed by atoms with Gasteiger partial charge in [-0.1, -0.05) is 30.3 Å². The van der Waals surface area contributed by atoms with Gasteiger partial charge in [0, 0.05) is 25.2 Å². The molecule has 0 unspecified atom stereocenters. The van der Waals surface area contributed by atoms with Crippen molar-refractivity contribution in [1.29, 1.82) is 0 Å². The molecule has 1 aromatic carbocycles. The zero-order valence-electron chi connectivity index (χ0n) is 12.8. The van der Waals surface area contributed by atoms with Crippen LogP contribution in [0.25, 0.3) is 0 Å². The van der Waals surface area contributed by atoms with Gasteiger partial charge in [0.05, 0.1) is 6.61 Å². The predicted octanol–water partition coefficient (Wildman–Crippen LogP) is 2.35. The number of aliphatic hydroxyl groups excluding tert-OH is 1. The van der Waals surface area contributed by atoms with Crippen LogP contribution in [-0.2, 0) is 6.54 Å². The Balaban J connectivity index is 1.93. The van der Waals surface area contributed by atoms with Crippen LogP contribution >= 0.6 is 0 Å². The summed E-state index contributed by atoms with van der Waals surface area (Å²) in [6.45, 7) is 8.97. The molecular formula is C17H28N2O. The van der Waals surface area contributed by atoms with Crippen LogP contribution in [0.2, 0.25) is 0 Å². The molecule has 0 saturated carbocycles. The lowest BCUT2D eigenvalue weighted by molar-refractivity contribution is 0.0712. The van der Waals surface area contributed by atoms with Gasteiger partial charge < -0.3 is 10.0 Å². The molecule has 20 heavy (non-hydrogen) atoms. The van der Waals surface area contributed by atoms with Crippen molar-refractivity contribution in [2.75, 3.05) is 26.2 Å². The first-order chi connectivity index (χ1) is 9.70. The van der Waals surface area contributed by atoms with Crippen LogP contribution in [-0.4, -0.2) is 53.2 Å². The first-order valence-electron chi connectivity index (χ1n) is 7.83. The van der Waals surface area contributed by atoms with Crippen LogP contribution in [0, 0.1) is 0 Å². The summed E-state index contributed by atoms with van der Waals surface area (Å²) < 4.78 is 0. The minimum atomic E-state index is 0.280. The standard InChI is InChI=1S/C17H28N2O/c1-15(2)19(14-16-6-4-3-5-7-16)17-8-10-18(11-9-17)12-13-20/h3-7,15,17,20H,8-14H2,1-2H3. The zero-order valence-corrected chi connectivity index (χ0v) is 12.8. The molecule has 0 spiro atoms. The van der Waals surface area contributed by atoms with Crippen molar-refractivity contribution in [3.63, 3.8) is 0 Å². The molecule has 0 amide bonds. The molecule has 112 valence electrons. The largest absolute Gasteiger partial charge is 0.395 e. The first kappa shape index (κ1) is 15.5.